The van der Waals surface area contributed by atoms with Gasteiger partial charge in [0.15, 0.2) is 0 Å². The number of aromatic nitrogens is 1. The summed E-state index contributed by atoms with van der Waals surface area (Å²) in [6.07, 6.45) is 3.66. The van der Waals surface area contributed by atoms with Crippen LogP contribution < -0.4 is 5.32 Å². The fourth-order valence-corrected chi connectivity index (χ4v) is 3.08. The van der Waals surface area contributed by atoms with Crippen molar-refractivity contribution in [1.82, 2.24) is 15.2 Å². The highest BCUT2D eigenvalue weighted by molar-refractivity contribution is 5.93. The fraction of sp³-hybridized carbons (Fsp3) is 0.316. The molecule has 1 unspecified atom stereocenters. The molecule has 1 N–H and O–H groups in total. The zero-order chi connectivity index (χ0) is 17.6. The van der Waals surface area contributed by atoms with Gasteiger partial charge in [-0.25, -0.2) is 9.37 Å². The Morgan fingerprint density at radius 1 is 1.24 bits per heavy atom. The smallest absolute Gasteiger partial charge is 0.252 e. The summed E-state index contributed by atoms with van der Waals surface area (Å²) < 4.78 is 13.2. The fourth-order valence-electron chi connectivity index (χ4n) is 3.08. The maximum atomic E-state index is 13.2. The number of rotatable bonds is 5. The molecule has 1 aliphatic rings. The molecule has 1 saturated heterocycles. The van der Waals surface area contributed by atoms with Crippen LogP contribution in [0.25, 0.3) is 0 Å². The monoisotopic (exact) mass is 338 g/mol. The first-order chi connectivity index (χ1) is 12.2. The van der Waals surface area contributed by atoms with Gasteiger partial charge in [-0.2, -0.15) is 5.26 Å². The summed E-state index contributed by atoms with van der Waals surface area (Å²) in [5.74, 6) is -0.500. The van der Waals surface area contributed by atoms with Gasteiger partial charge in [0.1, 0.15) is 17.6 Å². The second kappa shape index (κ2) is 7.86. The van der Waals surface area contributed by atoms with Crippen LogP contribution in [0.5, 0.6) is 0 Å². The number of carbonyl (C=O) groups excluding carboxylic acids is 1. The summed E-state index contributed by atoms with van der Waals surface area (Å²) in [6, 6.07) is 11.5. The maximum Gasteiger partial charge on any atom is 0.252 e. The zero-order valence-corrected chi connectivity index (χ0v) is 13.8. The second-order valence-electron chi connectivity index (χ2n) is 6.06. The molecule has 0 radical (unpaired) electrons. The zero-order valence-electron chi connectivity index (χ0n) is 13.8. The lowest BCUT2D eigenvalue weighted by Crippen LogP contribution is -2.36. The quantitative estimate of drug-likeness (QED) is 0.910. The van der Waals surface area contributed by atoms with Crippen molar-refractivity contribution < 1.29 is 9.18 Å². The highest BCUT2D eigenvalue weighted by Crippen LogP contribution is 2.24. The molecule has 0 aliphatic carbocycles. The Morgan fingerprint density at radius 3 is 2.56 bits per heavy atom. The summed E-state index contributed by atoms with van der Waals surface area (Å²) in [6.45, 7) is 2.37. The lowest BCUT2D eigenvalue weighted by molar-refractivity contribution is 0.0937. The van der Waals surface area contributed by atoms with Crippen LogP contribution in [0.4, 0.5) is 4.39 Å². The molecule has 2 heterocycles. The van der Waals surface area contributed by atoms with E-state index >= 15 is 0 Å². The number of carbonyl (C=O) groups is 1. The molecule has 6 heteroatoms. The molecule has 2 aromatic rings. The third kappa shape index (κ3) is 4.20. The van der Waals surface area contributed by atoms with Gasteiger partial charge in [0, 0.05) is 12.7 Å². The third-order valence-corrected chi connectivity index (χ3v) is 4.43. The molecular formula is C19H19FN4O. The molecule has 1 aliphatic heterocycles. The SMILES string of the molecule is N#Cc1ccc(C(=O)NCC(c2ccc(F)cc2)N2CCCC2)cn1. The van der Waals surface area contributed by atoms with Crippen LogP contribution in [0.3, 0.4) is 0 Å². The van der Waals surface area contributed by atoms with Gasteiger partial charge in [0.2, 0.25) is 0 Å². The van der Waals surface area contributed by atoms with E-state index in [0.29, 0.717) is 12.1 Å². The van der Waals surface area contributed by atoms with E-state index in [1.54, 1.807) is 18.2 Å². The number of nitrogens with one attached hydrogen (secondary N) is 1. The van der Waals surface area contributed by atoms with Gasteiger partial charge < -0.3 is 5.32 Å². The number of hydrogen-bond donors (Lipinski definition) is 1. The Kier molecular flexibility index (Phi) is 5.36. The van der Waals surface area contributed by atoms with E-state index < -0.39 is 0 Å². The van der Waals surface area contributed by atoms with Gasteiger partial charge in [-0.15, -0.1) is 0 Å². The lowest BCUT2D eigenvalue weighted by Gasteiger charge is -2.28. The number of pyridine rings is 1. The molecule has 128 valence electrons. The van der Waals surface area contributed by atoms with E-state index in [4.69, 9.17) is 5.26 Å². The lowest BCUT2D eigenvalue weighted by atomic mass is 10.1. The summed E-state index contributed by atoms with van der Waals surface area (Å²) >= 11 is 0. The molecule has 1 amide bonds. The Balaban J connectivity index is 1.70. The molecule has 1 fully saturated rings. The maximum absolute atomic E-state index is 13.2. The van der Waals surface area contributed by atoms with E-state index in [1.807, 2.05) is 6.07 Å². The van der Waals surface area contributed by atoms with Crippen LogP contribution in [0.15, 0.2) is 42.6 Å². The number of amides is 1. The van der Waals surface area contributed by atoms with Crippen LogP contribution in [0.1, 0.15) is 40.5 Å². The Morgan fingerprint density at radius 2 is 1.96 bits per heavy atom. The number of nitrogens with zero attached hydrogens (tertiary/aromatic N) is 3. The summed E-state index contributed by atoms with van der Waals surface area (Å²) in [4.78, 5) is 18.6. The van der Waals surface area contributed by atoms with Crippen LogP contribution in [0.2, 0.25) is 0 Å². The average molecular weight is 338 g/mol. The number of nitriles is 1. The molecule has 3 rings (SSSR count). The van der Waals surface area contributed by atoms with Gasteiger partial charge in [0.05, 0.1) is 11.6 Å². The van der Waals surface area contributed by atoms with Crippen molar-refractivity contribution in [2.45, 2.75) is 18.9 Å². The first-order valence-corrected chi connectivity index (χ1v) is 8.31. The Bertz CT molecular complexity index is 762. The number of hydrogen-bond acceptors (Lipinski definition) is 4. The summed E-state index contributed by atoms with van der Waals surface area (Å²) in [7, 11) is 0. The number of halogens is 1. The van der Waals surface area contributed by atoms with Crippen LogP contribution >= 0.6 is 0 Å². The topological polar surface area (TPSA) is 69.0 Å². The highest BCUT2D eigenvalue weighted by Gasteiger charge is 2.24. The molecule has 1 atom stereocenters. The van der Waals surface area contributed by atoms with E-state index in [-0.39, 0.29) is 23.5 Å². The van der Waals surface area contributed by atoms with Gasteiger partial charge in [-0.05, 0) is 55.8 Å². The minimum atomic E-state index is -0.267. The third-order valence-electron chi connectivity index (χ3n) is 4.43. The largest absolute Gasteiger partial charge is 0.350 e. The van der Waals surface area contributed by atoms with Crippen molar-refractivity contribution in [2.75, 3.05) is 19.6 Å². The molecule has 1 aromatic carbocycles. The number of likely N-dealkylation sites (tertiary alicyclic amines) is 1. The van der Waals surface area contributed by atoms with Crippen molar-refractivity contribution in [3.05, 3.63) is 65.2 Å². The first-order valence-electron chi connectivity index (χ1n) is 8.31. The van der Waals surface area contributed by atoms with Crippen molar-refractivity contribution in [2.24, 2.45) is 0 Å². The van der Waals surface area contributed by atoms with Crippen LogP contribution in [-0.4, -0.2) is 35.4 Å². The second-order valence-corrected chi connectivity index (χ2v) is 6.06. The van der Waals surface area contributed by atoms with Gasteiger partial charge in [-0.3, -0.25) is 9.69 Å². The van der Waals surface area contributed by atoms with E-state index in [0.717, 1.165) is 31.5 Å². The summed E-state index contributed by atoms with van der Waals surface area (Å²) in [5.41, 5.74) is 1.68. The standard InChI is InChI=1S/C19H19FN4O/c20-16-6-3-14(4-7-16)18(24-9-1-2-10-24)13-23-19(25)15-5-8-17(11-21)22-12-15/h3-8,12,18H,1-2,9-10,13H2,(H,23,25). The van der Waals surface area contributed by atoms with E-state index in [2.05, 4.69) is 15.2 Å². The van der Waals surface area contributed by atoms with Crippen molar-refractivity contribution in [3.8, 4) is 6.07 Å². The molecular weight excluding hydrogens is 319 g/mol. The van der Waals surface area contributed by atoms with Crippen molar-refractivity contribution in [1.29, 1.82) is 5.26 Å². The minimum Gasteiger partial charge on any atom is -0.350 e. The summed E-state index contributed by atoms with van der Waals surface area (Å²) in [5, 5.41) is 11.7. The van der Waals surface area contributed by atoms with Crippen molar-refractivity contribution in [3.63, 3.8) is 0 Å². The molecule has 1 aromatic heterocycles. The molecule has 0 bridgehead atoms. The predicted molar refractivity (Wildman–Crippen MR) is 91.2 cm³/mol. The first kappa shape index (κ1) is 17.1. The highest BCUT2D eigenvalue weighted by atomic mass is 19.1. The molecule has 25 heavy (non-hydrogen) atoms. The average Bonchev–Trinajstić information content (AvgIpc) is 3.17. The molecule has 0 spiro atoms. The molecule has 5 nitrogen and oxygen atoms in total. The Labute approximate surface area is 146 Å². The van der Waals surface area contributed by atoms with Crippen molar-refractivity contribution >= 4 is 5.91 Å². The van der Waals surface area contributed by atoms with Gasteiger partial charge in [0.25, 0.3) is 5.91 Å². The normalized spacial score (nSPS) is 15.5. The van der Waals surface area contributed by atoms with E-state index in [9.17, 15) is 9.18 Å². The van der Waals surface area contributed by atoms with E-state index in [1.165, 1.54) is 24.4 Å². The van der Waals surface area contributed by atoms with Crippen LogP contribution in [-0.2, 0) is 0 Å². The van der Waals surface area contributed by atoms with Crippen LogP contribution in [0, 0.1) is 17.1 Å². The Hall–Kier alpha value is -2.78. The number of benzene rings is 1. The predicted octanol–water partition coefficient (Wildman–Crippen LogP) is 2.66. The molecule has 0 saturated carbocycles. The van der Waals surface area contributed by atoms with Gasteiger partial charge in [-0.1, -0.05) is 12.1 Å². The minimum absolute atomic E-state index is 0.0124. The van der Waals surface area contributed by atoms with Gasteiger partial charge >= 0.3 is 0 Å².